The van der Waals surface area contributed by atoms with Crippen molar-refractivity contribution in [1.29, 1.82) is 0 Å². The highest BCUT2D eigenvalue weighted by Crippen LogP contribution is 2.38. The first-order valence-electron chi connectivity index (χ1n) is 6.72. The van der Waals surface area contributed by atoms with Gasteiger partial charge in [-0.15, -0.1) is 0 Å². The van der Waals surface area contributed by atoms with E-state index in [1.807, 2.05) is 0 Å². The SMILES string of the molecule is O=C(O)[C@@H]1CN(Cc2ccc(SC(F)F)cc2)C[C@H]1C(F)(F)F. The maximum Gasteiger partial charge on any atom is 0.393 e. The van der Waals surface area contributed by atoms with Gasteiger partial charge in [-0.2, -0.15) is 22.0 Å². The fourth-order valence-electron chi connectivity index (χ4n) is 2.63. The Kier molecular flexibility index (Phi) is 5.51. The number of carboxylic acid groups (broad SMARTS) is 1. The van der Waals surface area contributed by atoms with Crippen molar-refractivity contribution >= 4 is 17.7 Å². The zero-order chi connectivity index (χ0) is 17.2. The van der Waals surface area contributed by atoms with Crippen LogP contribution in [-0.2, 0) is 11.3 Å². The molecule has 1 N–H and O–H groups in total. The van der Waals surface area contributed by atoms with Crippen molar-refractivity contribution in [3.05, 3.63) is 29.8 Å². The molecule has 0 aromatic heterocycles. The minimum atomic E-state index is -4.56. The Morgan fingerprint density at radius 2 is 1.87 bits per heavy atom. The molecule has 0 saturated carbocycles. The van der Waals surface area contributed by atoms with Gasteiger partial charge in [0, 0.05) is 24.5 Å². The van der Waals surface area contributed by atoms with E-state index in [0.29, 0.717) is 22.2 Å². The molecule has 1 aliphatic heterocycles. The summed E-state index contributed by atoms with van der Waals surface area (Å²) >= 11 is 0.385. The molecule has 9 heteroatoms. The van der Waals surface area contributed by atoms with E-state index in [2.05, 4.69) is 0 Å². The van der Waals surface area contributed by atoms with Gasteiger partial charge in [0.15, 0.2) is 0 Å². The van der Waals surface area contributed by atoms with Crippen molar-refractivity contribution in [3.8, 4) is 0 Å². The topological polar surface area (TPSA) is 40.5 Å². The predicted octanol–water partition coefficient (Wildman–Crippen LogP) is 3.70. The van der Waals surface area contributed by atoms with E-state index in [9.17, 15) is 26.7 Å². The van der Waals surface area contributed by atoms with Gasteiger partial charge in [-0.05, 0) is 17.7 Å². The maximum absolute atomic E-state index is 12.9. The van der Waals surface area contributed by atoms with Crippen molar-refractivity contribution in [2.24, 2.45) is 11.8 Å². The van der Waals surface area contributed by atoms with E-state index >= 15 is 0 Å². The Bertz CT molecular complexity index is 549. The Labute approximate surface area is 133 Å². The summed E-state index contributed by atoms with van der Waals surface area (Å²) in [5, 5.41) is 8.95. The van der Waals surface area contributed by atoms with Gasteiger partial charge in [-0.25, -0.2) is 0 Å². The minimum Gasteiger partial charge on any atom is -0.481 e. The van der Waals surface area contributed by atoms with E-state index < -0.39 is 29.7 Å². The molecule has 1 saturated heterocycles. The summed E-state index contributed by atoms with van der Waals surface area (Å²) < 4.78 is 63.1. The van der Waals surface area contributed by atoms with Gasteiger partial charge < -0.3 is 5.11 Å². The molecule has 128 valence electrons. The van der Waals surface area contributed by atoms with Gasteiger partial charge in [0.2, 0.25) is 0 Å². The Hall–Kier alpha value is -1.35. The zero-order valence-electron chi connectivity index (χ0n) is 11.8. The van der Waals surface area contributed by atoms with Crippen molar-refractivity contribution in [1.82, 2.24) is 4.90 Å². The summed E-state index contributed by atoms with van der Waals surface area (Å²) in [6, 6.07) is 6.05. The molecule has 1 aliphatic rings. The molecule has 2 atom stereocenters. The van der Waals surface area contributed by atoms with E-state index in [0.717, 1.165) is 0 Å². The van der Waals surface area contributed by atoms with Crippen LogP contribution in [0, 0.1) is 11.8 Å². The summed E-state index contributed by atoms with van der Waals surface area (Å²) in [6.07, 6.45) is -4.56. The van der Waals surface area contributed by atoms with Crippen molar-refractivity contribution < 1.29 is 31.9 Å². The van der Waals surface area contributed by atoms with Gasteiger partial charge in [0.05, 0.1) is 11.8 Å². The van der Waals surface area contributed by atoms with Crippen LogP contribution >= 0.6 is 11.8 Å². The van der Waals surface area contributed by atoms with Crippen molar-refractivity contribution in [2.75, 3.05) is 13.1 Å². The normalized spacial score (nSPS) is 22.7. The largest absolute Gasteiger partial charge is 0.481 e. The molecule has 1 aromatic rings. The Morgan fingerprint density at radius 3 is 2.30 bits per heavy atom. The number of aliphatic carboxylic acids is 1. The first kappa shape index (κ1) is 18.0. The van der Waals surface area contributed by atoms with Crippen LogP contribution < -0.4 is 0 Å². The van der Waals surface area contributed by atoms with E-state index in [1.54, 1.807) is 12.1 Å². The number of rotatable bonds is 5. The number of likely N-dealkylation sites (tertiary alicyclic amines) is 1. The molecule has 0 unspecified atom stereocenters. The lowest BCUT2D eigenvalue weighted by Crippen LogP contribution is -2.33. The summed E-state index contributed by atoms with van der Waals surface area (Å²) in [6.45, 7) is -0.420. The average Bonchev–Trinajstić information content (AvgIpc) is 2.84. The van der Waals surface area contributed by atoms with Crippen molar-refractivity contribution in [3.63, 3.8) is 0 Å². The Morgan fingerprint density at radius 1 is 1.26 bits per heavy atom. The monoisotopic (exact) mass is 355 g/mol. The first-order chi connectivity index (χ1) is 10.7. The predicted molar refractivity (Wildman–Crippen MR) is 74.3 cm³/mol. The third-order valence-electron chi connectivity index (χ3n) is 3.69. The molecule has 0 radical (unpaired) electrons. The highest BCUT2D eigenvalue weighted by Gasteiger charge is 2.52. The molecule has 23 heavy (non-hydrogen) atoms. The van der Waals surface area contributed by atoms with E-state index in [-0.39, 0.29) is 19.6 Å². The van der Waals surface area contributed by atoms with Crippen LogP contribution in [0.4, 0.5) is 22.0 Å². The third-order valence-corrected chi connectivity index (χ3v) is 4.41. The van der Waals surface area contributed by atoms with Gasteiger partial charge >= 0.3 is 12.1 Å². The smallest absolute Gasteiger partial charge is 0.393 e. The number of nitrogens with zero attached hydrogens (tertiary/aromatic N) is 1. The lowest BCUT2D eigenvalue weighted by atomic mass is 9.96. The van der Waals surface area contributed by atoms with Gasteiger partial charge in [-0.3, -0.25) is 9.69 Å². The quantitative estimate of drug-likeness (QED) is 0.646. The molecule has 2 rings (SSSR count). The van der Waals surface area contributed by atoms with Gasteiger partial charge in [0.1, 0.15) is 0 Å². The number of carbonyl (C=O) groups is 1. The number of halogens is 5. The molecular formula is C14H14F5NO2S. The van der Waals surface area contributed by atoms with Crippen LogP contribution in [0.1, 0.15) is 5.56 Å². The number of carboxylic acids is 1. The number of hydrogen-bond donors (Lipinski definition) is 1. The second-order valence-corrected chi connectivity index (χ2v) is 6.37. The number of thioether (sulfide) groups is 1. The summed E-state index contributed by atoms with van der Waals surface area (Å²) in [4.78, 5) is 12.8. The molecule has 1 fully saturated rings. The molecule has 0 spiro atoms. The highest BCUT2D eigenvalue weighted by molar-refractivity contribution is 7.99. The summed E-state index contributed by atoms with van der Waals surface area (Å²) in [5.74, 6) is -7.38. The fraction of sp³-hybridized carbons (Fsp3) is 0.500. The number of alkyl halides is 5. The minimum absolute atomic E-state index is 0.149. The van der Waals surface area contributed by atoms with Crippen molar-refractivity contribution in [2.45, 2.75) is 23.4 Å². The number of benzene rings is 1. The van der Waals surface area contributed by atoms with E-state index in [1.165, 1.54) is 17.0 Å². The third kappa shape index (κ3) is 4.81. The van der Waals surface area contributed by atoms with Gasteiger partial charge in [0.25, 0.3) is 5.76 Å². The summed E-state index contributed by atoms with van der Waals surface area (Å²) in [5.41, 5.74) is 0.649. The van der Waals surface area contributed by atoms with Crippen LogP contribution in [-0.4, -0.2) is 41.0 Å². The molecule has 3 nitrogen and oxygen atoms in total. The number of hydrogen-bond acceptors (Lipinski definition) is 3. The van der Waals surface area contributed by atoms with Crippen LogP contribution in [0.2, 0.25) is 0 Å². The second-order valence-electron chi connectivity index (χ2n) is 5.31. The molecular weight excluding hydrogens is 341 g/mol. The molecule has 0 amide bonds. The highest BCUT2D eigenvalue weighted by atomic mass is 32.2. The Balaban J connectivity index is 2.02. The van der Waals surface area contributed by atoms with Crippen LogP contribution in [0.25, 0.3) is 0 Å². The van der Waals surface area contributed by atoms with Crippen LogP contribution in [0.3, 0.4) is 0 Å². The molecule has 0 aliphatic carbocycles. The lowest BCUT2D eigenvalue weighted by Gasteiger charge is -2.18. The van der Waals surface area contributed by atoms with Crippen LogP contribution in [0.15, 0.2) is 29.2 Å². The van der Waals surface area contributed by atoms with Gasteiger partial charge in [-0.1, -0.05) is 23.9 Å². The average molecular weight is 355 g/mol. The van der Waals surface area contributed by atoms with Crippen LogP contribution in [0.5, 0.6) is 0 Å². The molecule has 0 bridgehead atoms. The molecule has 1 aromatic carbocycles. The zero-order valence-corrected chi connectivity index (χ0v) is 12.6. The van der Waals surface area contributed by atoms with E-state index in [4.69, 9.17) is 5.11 Å². The first-order valence-corrected chi connectivity index (χ1v) is 7.60. The fourth-order valence-corrected chi connectivity index (χ4v) is 3.13. The standard InChI is InChI=1S/C14H14F5NO2S/c15-13(16)23-9-3-1-8(2-4-9)5-20-6-10(12(21)22)11(7-20)14(17,18)19/h1-4,10-11,13H,5-7H2,(H,21,22)/t10-,11-/m1/s1. The maximum atomic E-state index is 12.9. The lowest BCUT2D eigenvalue weighted by molar-refractivity contribution is -0.188. The summed E-state index contributed by atoms with van der Waals surface area (Å²) in [7, 11) is 0. The second kappa shape index (κ2) is 7.04. The molecule has 1 heterocycles.